The van der Waals surface area contributed by atoms with E-state index in [4.69, 9.17) is 19.3 Å². The molecule has 0 saturated carbocycles. The van der Waals surface area contributed by atoms with Crippen LogP contribution >= 0.6 is 0 Å². The summed E-state index contributed by atoms with van der Waals surface area (Å²) in [7, 11) is 1.62. The molecule has 1 aromatic heterocycles. The van der Waals surface area contributed by atoms with Gasteiger partial charge in [-0.15, -0.1) is 5.10 Å². The molecule has 0 amide bonds. The maximum atomic E-state index is 10.6. The highest BCUT2D eigenvalue weighted by molar-refractivity contribution is 5.67. The third kappa shape index (κ3) is 6.45. The molecule has 1 aliphatic rings. The molecule has 1 saturated heterocycles. The van der Waals surface area contributed by atoms with Crippen LogP contribution in [0.3, 0.4) is 0 Å². The number of methoxy groups -OCH3 is 1. The molecule has 3 aromatic rings. The first kappa shape index (κ1) is 29.0. The number of nitrogens with zero attached hydrogens (tertiary/aromatic N) is 2. The van der Waals surface area contributed by atoms with Crippen molar-refractivity contribution in [2.75, 3.05) is 13.7 Å². The largest absolute Gasteiger partial charge is 0.497 e. The Morgan fingerprint density at radius 2 is 1.54 bits per heavy atom. The molecule has 2 heterocycles. The average Bonchev–Trinajstić information content (AvgIpc) is 3.27. The molecule has 4 rings (SSSR count). The van der Waals surface area contributed by atoms with E-state index in [1.807, 2.05) is 42.8 Å². The lowest BCUT2D eigenvalue weighted by molar-refractivity contribution is -0.278. The Kier molecular flexibility index (Phi) is 9.30. The molecule has 0 bridgehead atoms. The second kappa shape index (κ2) is 12.5. The van der Waals surface area contributed by atoms with Gasteiger partial charge in [0.1, 0.15) is 30.2 Å². The predicted molar refractivity (Wildman–Crippen MR) is 147 cm³/mol. The van der Waals surface area contributed by atoms with E-state index in [-0.39, 0.29) is 11.9 Å². The van der Waals surface area contributed by atoms with Crippen molar-refractivity contribution in [1.82, 2.24) is 9.78 Å². The van der Waals surface area contributed by atoms with Crippen molar-refractivity contribution in [3.63, 3.8) is 0 Å². The minimum absolute atomic E-state index is 0.0166. The van der Waals surface area contributed by atoms with Crippen molar-refractivity contribution < 1.29 is 34.6 Å². The summed E-state index contributed by atoms with van der Waals surface area (Å²) in [5.41, 5.74) is 4.86. The molecule has 0 radical (unpaired) electrons. The lowest BCUT2D eigenvalue weighted by Crippen LogP contribution is -2.60. The Labute approximate surface area is 229 Å². The van der Waals surface area contributed by atoms with Crippen LogP contribution in [0, 0.1) is 5.92 Å². The van der Waals surface area contributed by atoms with E-state index in [1.54, 1.807) is 7.11 Å². The molecule has 39 heavy (non-hydrogen) atoms. The van der Waals surface area contributed by atoms with Gasteiger partial charge in [-0.1, -0.05) is 50.2 Å². The second-order valence-corrected chi connectivity index (χ2v) is 10.8. The summed E-state index contributed by atoms with van der Waals surface area (Å²) in [5.74, 6) is 1.53. The fraction of sp³-hybridized carbons (Fsp3) is 0.500. The molecule has 0 spiro atoms. The Morgan fingerprint density at radius 3 is 2.10 bits per heavy atom. The quantitative estimate of drug-likeness (QED) is 0.309. The molecule has 1 fully saturated rings. The first-order valence-corrected chi connectivity index (χ1v) is 13.4. The Balaban J connectivity index is 1.79. The van der Waals surface area contributed by atoms with Crippen molar-refractivity contribution in [2.45, 2.75) is 77.3 Å². The van der Waals surface area contributed by atoms with Crippen LogP contribution in [0.25, 0.3) is 11.3 Å². The van der Waals surface area contributed by atoms with Crippen molar-refractivity contribution >= 4 is 0 Å². The van der Waals surface area contributed by atoms with Crippen molar-refractivity contribution in [3.05, 3.63) is 65.2 Å². The SMILES string of the molecule is COc1ccc(Cc2c(O[C@@H]3O[C@H](CO)[C@@H](O)[C@H](O)[C@H]3O)nn(C(C)C)c2-c2ccc(CC(C)C)cc2)cc1. The summed E-state index contributed by atoms with van der Waals surface area (Å²) < 4.78 is 19.0. The number of aromatic nitrogens is 2. The summed E-state index contributed by atoms with van der Waals surface area (Å²) in [6.45, 7) is 7.89. The molecule has 1 aliphatic heterocycles. The highest BCUT2D eigenvalue weighted by atomic mass is 16.7. The minimum atomic E-state index is -1.55. The zero-order valence-electron chi connectivity index (χ0n) is 23.2. The number of hydrogen-bond acceptors (Lipinski definition) is 8. The van der Waals surface area contributed by atoms with E-state index in [0.29, 0.717) is 12.3 Å². The summed E-state index contributed by atoms with van der Waals surface area (Å²) in [6.07, 6.45) is -5.55. The third-order valence-corrected chi connectivity index (χ3v) is 6.95. The molecule has 0 unspecified atom stereocenters. The number of aliphatic hydroxyl groups is 4. The fourth-order valence-electron chi connectivity index (χ4n) is 4.87. The Morgan fingerprint density at radius 1 is 0.897 bits per heavy atom. The van der Waals surface area contributed by atoms with Crippen LogP contribution in [-0.2, 0) is 17.6 Å². The van der Waals surface area contributed by atoms with Gasteiger partial charge in [0.05, 0.1) is 19.4 Å². The first-order chi connectivity index (χ1) is 18.6. The molecule has 2 aromatic carbocycles. The van der Waals surface area contributed by atoms with Crippen LogP contribution in [0.2, 0.25) is 0 Å². The van der Waals surface area contributed by atoms with Crippen LogP contribution in [0.1, 0.15) is 50.4 Å². The van der Waals surface area contributed by atoms with E-state index in [2.05, 4.69) is 38.1 Å². The number of ether oxygens (including phenoxy) is 3. The van der Waals surface area contributed by atoms with E-state index >= 15 is 0 Å². The monoisotopic (exact) mass is 540 g/mol. The van der Waals surface area contributed by atoms with E-state index in [9.17, 15) is 20.4 Å². The van der Waals surface area contributed by atoms with Gasteiger partial charge in [-0.05, 0) is 49.4 Å². The highest BCUT2D eigenvalue weighted by Crippen LogP contribution is 2.37. The van der Waals surface area contributed by atoms with Gasteiger partial charge >= 0.3 is 0 Å². The maximum Gasteiger partial charge on any atom is 0.239 e. The molecular weight excluding hydrogens is 500 g/mol. The van der Waals surface area contributed by atoms with Gasteiger partial charge in [-0.3, -0.25) is 4.68 Å². The summed E-state index contributed by atoms with van der Waals surface area (Å²) in [4.78, 5) is 0. The minimum Gasteiger partial charge on any atom is -0.497 e. The lowest BCUT2D eigenvalue weighted by atomic mass is 9.97. The molecule has 9 heteroatoms. The second-order valence-electron chi connectivity index (χ2n) is 10.8. The summed E-state index contributed by atoms with van der Waals surface area (Å²) in [6, 6.07) is 16.1. The van der Waals surface area contributed by atoms with Gasteiger partial charge in [0.15, 0.2) is 0 Å². The first-order valence-electron chi connectivity index (χ1n) is 13.4. The normalized spacial score (nSPS) is 23.4. The summed E-state index contributed by atoms with van der Waals surface area (Å²) in [5, 5.41) is 45.5. The highest BCUT2D eigenvalue weighted by Gasteiger charge is 2.45. The van der Waals surface area contributed by atoms with Crippen LogP contribution in [0.15, 0.2) is 48.5 Å². The number of aliphatic hydroxyl groups excluding tert-OH is 4. The number of rotatable bonds is 10. The smallest absolute Gasteiger partial charge is 0.239 e. The number of benzene rings is 2. The zero-order valence-corrected chi connectivity index (χ0v) is 23.2. The number of hydrogen-bond donors (Lipinski definition) is 4. The van der Waals surface area contributed by atoms with Crippen molar-refractivity contribution in [2.24, 2.45) is 5.92 Å². The standard InChI is InChI=1S/C30H40N2O7/c1-17(2)14-19-6-10-21(11-7-19)25-23(15-20-8-12-22(37-5)13-9-20)29(31-32(25)18(3)4)39-30-28(36)27(35)26(34)24(16-33)38-30/h6-13,17-18,24,26-28,30,33-36H,14-16H2,1-5H3/t24-,26-,27+,28-,30+/m1/s1. The van der Waals surface area contributed by atoms with Gasteiger partial charge < -0.3 is 34.6 Å². The van der Waals surface area contributed by atoms with Crippen LogP contribution in [0.5, 0.6) is 11.6 Å². The van der Waals surface area contributed by atoms with Gasteiger partial charge in [-0.2, -0.15) is 0 Å². The Hall–Kier alpha value is -2.95. The molecule has 4 N–H and O–H groups in total. The topological polar surface area (TPSA) is 126 Å². The van der Waals surface area contributed by atoms with E-state index in [1.165, 1.54) is 5.56 Å². The zero-order chi connectivity index (χ0) is 28.3. The molecule has 5 atom stereocenters. The molecular formula is C30H40N2O7. The van der Waals surface area contributed by atoms with Gasteiger partial charge in [0.2, 0.25) is 12.2 Å². The third-order valence-electron chi connectivity index (χ3n) is 6.95. The summed E-state index contributed by atoms with van der Waals surface area (Å²) >= 11 is 0. The predicted octanol–water partition coefficient (Wildman–Crippen LogP) is 3.11. The van der Waals surface area contributed by atoms with Crippen LogP contribution < -0.4 is 9.47 Å². The molecule has 0 aliphatic carbocycles. The van der Waals surface area contributed by atoms with Gasteiger partial charge in [0.25, 0.3) is 0 Å². The van der Waals surface area contributed by atoms with Crippen LogP contribution in [0.4, 0.5) is 0 Å². The van der Waals surface area contributed by atoms with Crippen molar-refractivity contribution in [3.8, 4) is 22.9 Å². The van der Waals surface area contributed by atoms with Crippen molar-refractivity contribution in [1.29, 1.82) is 0 Å². The van der Waals surface area contributed by atoms with E-state index in [0.717, 1.165) is 34.6 Å². The average molecular weight is 541 g/mol. The van der Waals surface area contributed by atoms with E-state index < -0.39 is 37.3 Å². The lowest BCUT2D eigenvalue weighted by Gasteiger charge is -2.39. The van der Waals surface area contributed by atoms with Gasteiger partial charge in [0, 0.05) is 23.6 Å². The molecule has 212 valence electrons. The fourth-order valence-corrected chi connectivity index (χ4v) is 4.87. The Bertz CT molecular complexity index is 1210. The maximum absolute atomic E-state index is 10.6. The van der Waals surface area contributed by atoms with Gasteiger partial charge in [-0.25, -0.2) is 0 Å². The molecule has 9 nitrogen and oxygen atoms in total. The van der Waals surface area contributed by atoms with Crippen LogP contribution in [-0.4, -0.2) is 74.6 Å².